The SMILES string of the molecule is O=C(O)CCCN1CCc2oc(-c3ccc(OCc4ccccc4F)c(F)c3)cc2C1. The van der Waals surface area contributed by atoms with Crippen LogP contribution in [0.1, 0.15) is 29.7 Å². The van der Waals surface area contributed by atoms with Gasteiger partial charge in [0, 0.05) is 42.6 Å². The van der Waals surface area contributed by atoms with Gasteiger partial charge in [0.1, 0.15) is 23.9 Å². The summed E-state index contributed by atoms with van der Waals surface area (Å²) in [6.07, 6.45) is 1.49. The number of hydrogen-bond donors (Lipinski definition) is 1. The molecular weight excluding hydrogens is 404 g/mol. The highest BCUT2D eigenvalue weighted by Crippen LogP contribution is 2.32. The van der Waals surface area contributed by atoms with Crippen molar-refractivity contribution in [2.24, 2.45) is 0 Å². The first kappa shape index (κ1) is 21.1. The Kier molecular flexibility index (Phi) is 6.32. The van der Waals surface area contributed by atoms with Gasteiger partial charge < -0.3 is 14.3 Å². The van der Waals surface area contributed by atoms with Crippen molar-refractivity contribution in [3.8, 4) is 17.1 Å². The van der Waals surface area contributed by atoms with Gasteiger partial charge in [-0.15, -0.1) is 0 Å². The Labute approximate surface area is 178 Å². The topological polar surface area (TPSA) is 62.9 Å². The van der Waals surface area contributed by atoms with Gasteiger partial charge in [-0.05, 0) is 43.3 Å². The molecule has 0 aliphatic carbocycles. The Bertz CT molecular complexity index is 1080. The van der Waals surface area contributed by atoms with E-state index in [0.29, 0.717) is 29.9 Å². The van der Waals surface area contributed by atoms with E-state index in [4.69, 9.17) is 14.3 Å². The van der Waals surface area contributed by atoms with E-state index >= 15 is 0 Å². The molecule has 2 aromatic carbocycles. The molecule has 162 valence electrons. The van der Waals surface area contributed by atoms with Gasteiger partial charge in [0.25, 0.3) is 0 Å². The minimum atomic E-state index is -0.786. The zero-order valence-electron chi connectivity index (χ0n) is 16.9. The summed E-state index contributed by atoms with van der Waals surface area (Å²) < 4.78 is 39.7. The van der Waals surface area contributed by atoms with Crippen LogP contribution in [0.2, 0.25) is 0 Å². The number of benzene rings is 2. The Balaban J connectivity index is 1.41. The number of carboxylic acids is 1. The molecule has 5 nitrogen and oxygen atoms in total. The molecule has 0 amide bonds. The zero-order valence-corrected chi connectivity index (χ0v) is 16.9. The van der Waals surface area contributed by atoms with Gasteiger partial charge in [-0.2, -0.15) is 0 Å². The van der Waals surface area contributed by atoms with Crippen molar-refractivity contribution in [1.29, 1.82) is 0 Å². The summed E-state index contributed by atoms with van der Waals surface area (Å²) in [5.74, 6) is -0.211. The predicted octanol–water partition coefficient (Wildman–Crippen LogP) is 5.03. The van der Waals surface area contributed by atoms with Gasteiger partial charge in [0.15, 0.2) is 11.6 Å². The molecule has 0 bridgehead atoms. The second kappa shape index (κ2) is 9.31. The minimum Gasteiger partial charge on any atom is -0.486 e. The third-order valence-corrected chi connectivity index (χ3v) is 5.37. The summed E-state index contributed by atoms with van der Waals surface area (Å²) in [6.45, 7) is 2.14. The van der Waals surface area contributed by atoms with E-state index in [9.17, 15) is 13.6 Å². The first-order valence-electron chi connectivity index (χ1n) is 10.2. The number of fused-ring (bicyclic) bond motifs is 1. The van der Waals surface area contributed by atoms with E-state index in [0.717, 1.165) is 30.8 Å². The van der Waals surface area contributed by atoms with E-state index < -0.39 is 17.6 Å². The van der Waals surface area contributed by atoms with Gasteiger partial charge in [0.05, 0.1) is 0 Å². The Morgan fingerprint density at radius 1 is 1.13 bits per heavy atom. The molecule has 0 fully saturated rings. The zero-order chi connectivity index (χ0) is 21.8. The van der Waals surface area contributed by atoms with Crippen LogP contribution in [0.4, 0.5) is 8.78 Å². The number of halogens is 2. The van der Waals surface area contributed by atoms with Gasteiger partial charge in [0.2, 0.25) is 0 Å². The molecule has 7 heteroatoms. The number of ether oxygens (including phenoxy) is 1. The van der Waals surface area contributed by atoms with Crippen molar-refractivity contribution >= 4 is 5.97 Å². The average Bonchev–Trinajstić information content (AvgIpc) is 3.17. The maximum absolute atomic E-state index is 14.6. The maximum Gasteiger partial charge on any atom is 0.303 e. The number of hydrogen-bond acceptors (Lipinski definition) is 4. The van der Waals surface area contributed by atoms with E-state index in [-0.39, 0.29) is 18.8 Å². The van der Waals surface area contributed by atoms with Crippen molar-refractivity contribution in [3.63, 3.8) is 0 Å². The largest absolute Gasteiger partial charge is 0.486 e. The standard InChI is InChI=1S/C24H23F2NO4/c25-19-5-2-1-4-17(19)15-30-22-8-7-16(12-20(22)26)23-13-18-14-27(10-3-6-24(28)29)11-9-21(18)31-23/h1-2,4-5,7-8,12-13H,3,6,9-11,14-15H2,(H,28,29). The average molecular weight is 427 g/mol. The molecule has 0 saturated carbocycles. The Morgan fingerprint density at radius 3 is 2.74 bits per heavy atom. The molecule has 1 N–H and O–H groups in total. The lowest BCUT2D eigenvalue weighted by molar-refractivity contribution is -0.137. The Hall–Kier alpha value is -3.19. The lowest BCUT2D eigenvalue weighted by atomic mass is 10.1. The highest BCUT2D eigenvalue weighted by Gasteiger charge is 2.21. The van der Waals surface area contributed by atoms with Crippen molar-refractivity contribution in [2.75, 3.05) is 13.1 Å². The first-order chi connectivity index (χ1) is 15.0. The smallest absolute Gasteiger partial charge is 0.303 e. The van der Waals surface area contributed by atoms with Crippen LogP contribution in [-0.2, 0) is 24.4 Å². The third-order valence-electron chi connectivity index (χ3n) is 5.37. The quantitative estimate of drug-likeness (QED) is 0.547. The summed E-state index contributed by atoms with van der Waals surface area (Å²) in [5, 5.41) is 8.79. The van der Waals surface area contributed by atoms with E-state index in [1.807, 2.05) is 6.07 Å². The molecule has 2 heterocycles. The van der Waals surface area contributed by atoms with Crippen LogP contribution in [0.25, 0.3) is 11.3 Å². The fraction of sp³-hybridized carbons (Fsp3) is 0.292. The van der Waals surface area contributed by atoms with Crippen LogP contribution in [0.15, 0.2) is 52.9 Å². The summed E-state index contributed by atoms with van der Waals surface area (Å²) in [5.41, 5.74) is 2.00. The number of furan rings is 1. The molecule has 0 saturated heterocycles. The van der Waals surface area contributed by atoms with Crippen molar-refractivity contribution in [2.45, 2.75) is 32.4 Å². The van der Waals surface area contributed by atoms with Crippen molar-refractivity contribution in [1.82, 2.24) is 4.90 Å². The lowest BCUT2D eigenvalue weighted by Crippen LogP contribution is -2.30. The number of carboxylic acid groups (broad SMARTS) is 1. The normalized spacial score (nSPS) is 13.7. The number of aliphatic carboxylic acids is 1. The molecule has 0 unspecified atom stereocenters. The molecule has 3 aromatic rings. The van der Waals surface area contributed by atoms with E-state index in [2.05, 4.69) is 4.90 Å². The molecule has 31 heavy (non-hydrogen) atoms. The highest BCUT2D eigenvalue weighted by molar-refractivity contribution is 5.66. The monoisotopic (exact) mass is 427 g/mol. The molecular formula is C24H23F2NO4. The third kappa shape index (κ3) is 5.11. The molecule has 0 atom stereocenters. The minimum absolute atomic E-state index is 0.0490. The summed E-state index contributed by atoms with van der Waals surface area (Å²) >= 11 is 0. The lowest BCUT2D eigenvalue weighted by Gasteiger charge is -2.25. The van der Waals surface area contributed by atoms with Crippen molar-refractivity contribution in [3.05, 3.63) is 77.1 Å². The highest BCUT2D eigenvalue weighted by atomic mass is 19.1. The van der Waals surface area contributed by atoms with Crippen LogP contribution < -0.4 is 4.74 Å². The van der Waals surface area contributed by atoms with Crippen LogP contribution in [0.5, 0.6) is 5.75 Å². The molecule has 1 aromatic heterocycles. The predicted molar refractivity (Wildman–Crippen MR) is 111 cm³/mol. The maximum atomic E-state index is 14.6. The Morgan fingerprint density at radius 2 is 1.97 bits per heavy atom. The van der Waals surface area contributed by atoms with E-state index in [1.54, 1.807) is 24.3 Å². The molecule has 4 rings (SSSR count). The van der Waals surface area contributed by atoms with Gasteiger partial charge in [-0.3, -0.25) is 9.69 Å². The van der Waals surface area contributed by atoms with Crippen LogP contribution in [0, 0.1) is 11.6 Å². The summed E-state index contributed by atoms with van der Waals surface area (Å²) in [7, 11) is 0. The molecule has 0 radical (unpaired) electrons. The summed E-state index contributed by atoms with van der Waals surface area (Å²) in [6, 6.07) is 12.7. The van der Waals surface area contributed by atoms with Crippen molar-refractivity contribution < 1.29 is 27.8 Å². The molecule has 0 spiro atoms. The summed E-state index contributed by atoms with van der Waals surface area (Å²) in [4.78, 5) is 12.9. The van der Waals surface area contributed by atoms with Gasteiger partial charge in [-0.1, -0.05) is 18.2 Å². The number of carbonyl (C=O) groups is 1. The number of nitrogens with zero attached hydrogens (tertiary/aromatic N) is 1. The van der Waals surface area contributed by atoms with Gasteiger partial charge in [-0.25, -0.2) is 8.78 Å². The van der Waals surface area contributed by atoms with Crippen LogP contribution in [-0.4, -0.2) is 29.1 Å². The second-order valence-electron chi connectivity index (χ2n) is 7.61. The van der Waals surface area contributed by atoms with Crippen LogP contribution >= 0.6 is 0 Å². The fourth-order valence-corrected chi connectivity index (χ4v) is 3.72. The fourth-order valence-electron chi connectivity index (χ4n) is 3.72. The van der Waals surface area contributed by atoms with Crippen LogP contribution in [0.3, 0.4) is 0 Å². The van der Waals surface area contributed by atoms with Gasteiger partial charge >= 0.3 is 5.97 Å². The first-order valence-corrected chi connectivity index (χ1v) is 10.2. The van der Waals surface area contributed by atoms with E-state index in [1.165, 1.54) is 18.2 Å². The number of rotatable bonds is 8. The molecule has 1 aliphatic heterocycles. The second-order valence-corrected chi connectivity index (χ2v) is 7.61. The molecule has 1 aliphatic rings.